The zero-order valence-electron chi connectivity index (χ0n) is 5.49. The zero-order valence-corrected chi connectivity index (χ0v) is 5.49. The summed E-state index contributed by atoms with van der Waals surface area (Å²) in [6.07, 6.45) is -2.73. The molecule has 0 aromatic carbocycles. The van der Waals surface area contributed by atoms with Crippen LogP contribution in [0.1, 0.15) is 19.3 Å². The molecule has 1 aliphatic rings. The van der Waals surface area contributed by atoms with Crippen molar-refractivity contribution in [1.82, 2.24) is 0 Å². The number of rotatable bonds is 0. The molecule has 10 heavy (non-hydrogen) atoms. The Labute approximate surface area is 57.4 Å². The fourth-order valence-electron chi connectivity index (χ4n) is 1.40. The summed E-state index contributed by atoms with van der Waals surface area (Å²) >= 11 is 0. The SMILES string of the molecule is N[C@@H]1CCC[C@H]1C(F)(F)F. The molecule has 1 fully saturated rings. The highest BCUT2D eigenvalue weighted by Crippen LogP contribution is 2.37. The van der Waals surface area contributed by atoms with E-state index >= 15 is 0 Å². The summed E-state index contributed by atoms with van der Waals surface area (Å²) in [5.41, 5.74) is 5.25. The fraction of sp³-hybridized carbons (Fsp3) is 1.00. The van der Waals surface area contributed by atoms with Crippen molar-refractivity contribution >= 4 is 0 Å². The van der Waals surface area contributed by atoms with E-state index in [0.29, 0.717) is 12.8 Å². The number of hydrogen-bond acceptors (Lipinski definition) is 1. The summed E-state index contributed by atoms with van der Waals surface area (Å²) < 4.78 is 35.8. The lowest BCUT2D eigenvalue weighted by Gasteiger charge is -2.18. The van der Waals surface area contributed by atoms with Crippen LogP contribution < -0.4 is 5.73 Å². The Balaban J connectivity index is 2.55. The van der Waals surface area contributed by atoms with Gasteiger partial charge in [-0.3, -0.25) is 0 Å². The Hall–Kier alpha value is -0.250. The first-order chi connectivity index (χ1) is 4.52. The van der Waals surface area contributed by atoms with Gasteiger partial charge in [0, 0.05) is 6.04 Å². The van der Waals surface area contributed by atoms with E-state index in [0.717, 1.165) is 0 Å². The van der Waals surface area contributed by atoms with E-state index in [-0.39, 0.29) is 6.42 Å². The predicted octanol–water partition coefficient (Wildman–Crippen LogP) is 1.68. The van der Waals surface area contributed by atoms with Crippen molar-refractivity contribution in [2.45, 2.75) is 31.5 Å². The topological polar surface area (TPSA) is 26.0 Å². The summed E-state index contributed by atoms with van der Waals surface area (Å²) in [5.74, 6) is -1.24. The first kappa shape index (κ1) is 7.85. The highest BCUT2D eigenvalue weighted by molar-refractivity contribution is 4.84. The van der Waals surface area contributed by atoms with Crippen LogP contribution in [0.15, 0.2) is 0 Å². The van der Waals surface area contributed by atoms with Crippen LogP contribution in [0, 0.1) is 5.92 Å². The number of hydrogen-bond donors (Lipinski definition) is 1. The molecule has 1 saturated carbocycles. The fourth-order valence-corrected chi connectivity index (χ4v) is 1.40. The van der Waals surface area contributed by atoms with E-state index in [9.17, 15) is 13.2 Å². The Morgan fingerprint density at radius 2 is 1.80 bits per heavy atom. The first-order valence-corrected chi connectivity index (χ1v) is 3.34. The molecule has 0 spiro atoms. The van der Waals surface area contributed by atoms with Gasteiger partial charge >= 0.3 is 6.18 Å². The van der Waals surface area contributed by atoms with E-state index in [4.69, 9.17) is 5.73 Å². The Morgan fingerprint density at radius 1 is 1.20 bits per heavy atom. The van der Waals surface area contributed by atoms with Gasteiger partial charge in [0.15, 0.2) is 0 Å². The van der Waals surface area contributed by atoms with Crippen LogP contribution in [-0.4, -0.2) is 12.2 Å². The first-order valence-electron chi connectivity index (χ1n) is 3.34. The van der Waals surface area contributed by atoms with Gasteiger partial charge < -0.3 is 5.73 Å². The van der Waals surface area contributed by atoms with Crippen LogP contribution >= 0.6 is 0 Å². The summed E-state index contributed by atoms with van der Waals surface area (Å²) in [6.45, 7) is 0. The van der Waals surface area contributed by atoms with Gasteiger partial charge in [-0.2, -0.15) is 13.2 Å². The molecular formula is C6H10F3N. The quantitative estimate of drug-likeness (QED) is 0.563. The van der Waals surface area contributed by atoms with Gasteiger partial charge in [-0.1, -0.05) is 6.42 Å². The van der Waals surface area contributed by atoms with Gasteiger partial charge in [0.05, 0.1) is 5.92 Å². The van der Waals surface area contributed by atoms with Crippen molar-refractivity contribution in [3.63, 3.8) is 0 Å². The smallest absolute Gasteiger partial charge is 0.327 e. The highest BCUT2D eigenvalue weighted by atomic mass is 19.4. The molecule has 0 saturated heterocycles. The zero-order chi connectivity index (χ0) is 7.78. The predicted molar refractivity (Wildman–Crippen MR) is 31.4 cm³/mol. The standard InChI is InChI=1S/C6H10F3N/c7-6(8,9)4-2-1-3-5(4)10/h4-5H,1-3,10H2/t4-,5-/m1/s1. The molecule has 1 aliphatic carbocycles. The van der Waals surface area contributed by atoms with Crippen molar-refractivity contribution in [2.24, 2.45) is 11.7 Å². The second kappa shape index (κ2) is 2.42. The molecule has 0 radical (unpaired) electrons. The normalized spacial score (nSPS) is 34.8. The molecule has 0 aromatic rings. The Kier molecular flexibility index (Phi) is 1.90. The van der Waals surface area contributed by atoms with Crippen molar-refractivity contribution in [3.05, 3.63) is 0 Å². The van der Waals surface area contributed by atoms with Gasteiger partial charge in [0.2, 0.25) is 0 Å². The molecule has 0 heterocycles. The highest BCUT2D eigenvalue weighted by Gasteiger charge is 2.45. The molecule has 1 rings (SSSR count). The Bertz CT molecular complexity index is 121. The molecular weight excluding hydrogens is 143 g/mol. The maximum absolute atomic E-state index is 11.9. The summed E-state index contributed by atoms with van der Waals surface area (Å²) in [6, 6.07) is -0.653. The average Bonchev–Trinajstić information content (AvgIpc) is 2.11. The molecule has 4 heteroatoms. The number of halogens is 3. The van der Waals surface area contributed by atoms with Crippen LogP contribution in [-0.2, 0) is 0 Å². The largest absolute Gasteiger partial charge is 0.393 e. The van der Waals surface area contributed by atoms with E-state index in [1.54, 1.807) is 0 Å². The minimum absolute atomic E-state index is 0.213. The third-order valence-corrected chi connectivity index (χ3v) is 1.99. The van der Waals surface area contributed by atoms with Crippen LogP contribution in [0.3, 0.4) is 0 Å². The van der Waals surface area contributed by atoms with E-state index in [1.807, 2.05) is 0 Å². The second-order valence-corrected chi connectivity index (χ2v) is 2.74. The van der Waals surface area contributed by atoms with E-state index in [1.165, 1.54) is 0 Å². The van der Waals surface area contributed by atoms with Crippen LogP contribution in [0.25, 0.3) is 0 Å². The maximum atomic E-state index is 11.9. The summed E-state index contributed by atoms with van der Waals surface area (Å²) in [5, 5.41) is 0. The lowest BCUT2D eigenvalue weighted by Crippen LogP contribution is -2.35. The van der Waals surface area contributed by atoms with Crippen LogP contribution in [0.4, 0.5) is 13.2 Å². The molecule has 2 atom stereocenters. The molecule has 2 N–H and O–H groups in total. The minimum atomic E-state index is -4.07. The van der Waals surface area contributed by atoms with Crippen molar-refractivity contribution in [3.8, 4) is 0 Å². The van der Waals surface area contributed by atoms with Crippen LogP contribution in [0.5, 0.6) is 0 Å². The molecule has 0 unspecified atom stereocenters. The lowest BCUT2D eigenvalue weighted by molar-refractivity contribution is -0.175. The maximum Gasteiger partial charge on any atom is 0.393 e. The van der Waals surface area contributed by atoms with Crippen molar-refractivity contribution in [2.75, 3.05) is 0 Å². The molecule has 0 aliphatic heterocycles. The van der Waals surface area contributed by atoms with Gasteiger partial charge in [-0.05, 0) is 12.8 Å². The van der Waals surface area contributed by atoms with Gasteiger partial charge in [-0.25, -0.2) is 0 Å². The lowest BCUT2D eigenvalue weighted by atomic mass is 10.0. The second-order valence-electron chi connectivity index (χ2n) is 2.74. The van der Waals surface area contributed by atoms with E-state index in [2.05, 4.69) is 0 Å². The average molecular weight is 153 g/mol. The third kappa shape index (κ3) is 1.42. The van der Waals surface area contributed by atoms with Gasteiger partial charge in [-0.15, -0.1) is 0 Å². The van der Waals surface area contributed by atoms with Crippen LogP contribution in [0.2, 0.25) is 0 Å². The van der Waals surface area contributed by atoms with E-state index < -0.39 is 18.1 Å². The molecule has 0 bridgehead atoms. The van der Waals surface area contributed by atoms with Crippen molar-refractivity contribution in [1.29, 1.82) is 0 Å². The minimum Gasteiger partial charge on any atom is -0.327 e. The molecule has 0 amide bonds. The number of nitrogens with two attached hydrogens (primary N) is 1. The summed E-state index contributed by atoms with van der Waals surface area (Å²) in [4.78, 5) is 0. The van der Waals surface area contributed by atoms with Crippen molar-refractivity contribution < 1.29 is 13.2 Å². The third-order valence-electron chi connectivity index (χ3n) is 1.99. The molecule has 0 aromatic heterocycles. The van der Waals surface area contributed by atoms with Gasteiger partial charge in [0.1, 0.15) is 0 Å². The van der Waals surface area contributed by atoms with Gasteiger partial charge in [0.25, 0.3) is 0 Å². The molecule has 1 nitrogen and oxygen atoms in total. The number of alkyl halides is 3. The molecule has 60 valence electrons. The Morgan fingerprint density at radius 3 is 2.00 bits per heavy atom. The summed E-state index contributed by atoms with van der Waals surface area (Å²) in [7, 11) is 0. The monoisotopic (exact) mass is 153 g/mol.